The minimum atomic E-state index is -2.78. The van der Waals surface area contributed by atoms with Gasteiger partial charge in [-0.1, -0.05) is 6.92 Å². The largest absolute Gasteiger partial charge is 0.317 e. The molecule has 0 radical (unpaired) electrons. The van der Waals surface area contributed by atoms with E-state index in [4.69, 9.17) is 0 Å². The summed E-state index contributed by atoms with van der Waals surface area (Å²) in [6.45, 7) is 4.78. The third-order valence-electron chi connectivity index (χ3n) is 3.34. The molecule has 0 spiro atoms. The molecule has 1 heterocycles. The van der Waals surface area contributed by atoms with Crippen molar-refractivity contribution >= 4 is 9.84 Å². The van der Waals surface area contributed by atoms with Gasteiger partial charge in [-0.2, -0.15) is 0 Å². The molecule has 1 saturated heterocycles. The zero-order valence-electron chi connectivity index (χ0n) is 10.4. The Morgan fingerprint density at radius 2 is 1.94 bits per heavy atom. The third kappa shape index (κ3) is 4.80. The van der Waals surface area contributed by atoms with Gasteiger partial charge in [0.15, 0.2) is 0 Å². The minimum absolute atomic E-state index is 0.268. The Morgan fingerprint density at radius 3 is 2.50 bits per heavy atom. The van der Waals surface area contributed by atoms with E-state index in [-0.39, 0.29) is 5.75 Å². The second-order valence-corrected chi connectivity index (χ2v) is 7.02. The number of hydrogen-bond donors (Lipinski definition) is 1. The number of piperidine rings is 1. The normalized spacial score (nSPS) is 19.2. The van der Waals surface area contributed by atoms with Crippen molar-refractivity contribution in [2.75, 3.05) is 38.2 Å². The molecule has 0 aromatic rings. The molecule has 4 nitrogen and oxygen atoms in total. The van der Waals surface area contributed by atoms with E-state index < -0.39 is 9.84 Å². The first-order valence-corrected chi connectivity index (χ1v) is 7.98. The predicted octanol–water partition coefficient (Wildman–Crippen LogP) is 0.495. The van der Waals surface area contributed by atoms with Gasteiger partial charge < -0.3 is 10.2 Å². The molecule has 1 N–H and O–H groups in total. The summed E-state index contributed by atoms with van der Waals surface area (Å²) in [5.41, 5.74) is 0. The molecular weight excluding hydrogens is 224 g/mol. The fourth-order valence-corrected chi connectivity index (χ4v) is 2.97. The fourth-order valence-electron chi connectivity index (χ4n) is 2.11. The van der Waals surface area contributed by atoms with E-state index in [2.05, 4.69) is 17.3 Å². The lowest BCUT2D eigenvalue weighted by Gasteiger charge is -2.31. The van der Waals surface area contributed by atoms with E-state index in [0.717, 1.165) is 26.1 Å². The maximum Gasteiger partial charge on any atom is 0.150 e. The van der Waals surface area contributed by atoms with E-state index in [9.17, 15) is 8.42 Å². The summed E-state index contributed by atoms with van der Waals surface area (Å²) in [5, 5.41) is 3.34. The molecule has 5 heteroatoms. The molecule has 0 aromatic carbocycles. The number of rotatable bonds is 6. The van der Waals surface area contributed by atoms with Gasteiger partial charge in [0.25, 0.3) is 0 Å². The average Bonchev–Trinajstić information content (AvgIpc) is 2.30. The Bertz CT molecular complexity index is 284. The zero-order chi connectivity index (χ0) is 12.0. The summed E-state index contributed by atoms with van der Waals surface area (Å²) in [6.07, 6.45) is 3.12. The third-order valence-corrected chi connectivity index (χ3v) is 5.13. The molecule has 96 valence electrons. The van der Waals surface area contributed by atoms with E-state index in [1.165, 1.54) is 12.8 Å². The van der Waals surface area contributed by atoms with Gasteiger partial charge in [0.05, 0.1) is 5.75 Å². The van der Waals surface area contributed by atoms with Gasteiger partial charge in [0.2, 0.25) is 0 Å². The van der Waals surface area contributed by atoms with Crippen LogP contribution >= 0.6 is 0 Å². The van der Waals surface area contributed by atoms with Crippen molar-refractivity contribution in [3.05, 3.63) is 0 Å². The molecule has 1 aliphatic rings. The first kappa shape index (κ1) is 13.9. The first-order valence-electron chi connectivity index (χ1n) is 6.16. The van der Waals surface area contributed by atoms with Crippen molar-refractivity contribution in [2.24, 2.45) is 0 Å². The lowest BCUT2D eigenvalue weighted by Crippen LogP contribution is -2.41. The van der Waals surface area contributed by atoms with E-state index >= 15 is 0 Å². The molecule has 0 unspecified atom stereocenters. The number of sulfone groups is 1. The maximum absolute atomic E-state index is 11.3. The Labute approximate surface area is 99.3 Å². The molecule has 0 bridgehead atoms. The van der Waals surface area contributed by atoms with Crippen molar-refractivity contribution in [1.82, 2.24) is 10.2 Å². The quantitative estimate of drug-likeness (QED) is 0.743. The Hall–Kier alpha value is -0.130. The van der Waals surface area contributed by atoms with Crippen molar-refractivity contribution in [1.29, 1.82) is 0 Å². The highest BCUT2D eigenvalue weighted by atomic mass is 32.2. The van der Waals surface area contributed by atoms with Crippen LogP contribution in [0.2, 0.25) is 0 Å². The highest BCUT2D eigenvalue weighted by molar-refractivity contribution is 7.91. The predicted molar refractivity (Wildman–Crippen MR) is 67.5 cm³/mol. The van der Waals surface area contributed by atoms with Crippen LogP contribution in [0.4, 0.5) is 0 Å². The van der Waals surface area contributed by atoms with Crippen LogP contribution in [0.3, 0.4) is 0 Å². The van der Waals surface area contributed by atoms with Crippen LogP contribution < -0.4 is 5.32 Å². The van der Waals surface area contributed by atoms with E-state index in [1.807, 2.05) is 0 Å². The van der Waals surface area contributed by atoms with Crippen LogP contribution in [-0.2, 0) is 9.84 Å². The molecule has 0 amide bonds. The molecule has 16 heavy (non-hydrogen) atoms. The summed E-state index contributed by atoms with van der Waals surface area (Å²) in [6, 6.07) is 0.630. The smallest absolute Gasteiger partial charge is 0.150 e. The molecule has 1 aliphatic heterocycles. The lowest BCUT2D eigenvalue weighted by atomic mass is 10.1. The van der Waals surface area contributed by atoms with Crippen molar-refractivity contribution in [3.63, 3.8) is 0 Å². The Balaban J connectivity index is 2.21. The van der Waals surface area contributed by atoms with Gasteiger partial charge in [-0.05, 0) is 45.9 Å². The highest BCUT2D eigenvalue weighted by Crippen LogP contribution is 2.10. The SMILES string of the molecule is CCS(=O)(=O)CCCN(C)C1CCNCC1. The number of hydrogen-bond acceptors (Lipinski definition) is 4. The fraction of sp³-hybridized carbons (Fsp3) is 1.00. The Morgan fingerprint density at radius 1 is 1.31 bits per heavy atom. The van der Waals surface area contributed by atoms with Gasteiger partial charge in [-0.3, -0.25) is 0 Å². The van der Waals surface area contributed by atoms with Crippen LogP contribution in [0, 0.1) is 0 Å². The summed E-state index contributed by atoms with van der Waals surface area (Å²) in [5.74, 6) is 0.600. The van der Waals surface area contributed by atoms with Gasteiger partial charge in [0.1, 0.15) is 9.84 Å². The molecule has 1 fully saturated rings. The first-order chi connectivity index (χ1) is 7.55. The summed E-state index contributed by atoms with van der Waals surface area (Å²) < 4.78 is 22.7. The monoisotopic (exact) mass is 248 g/mol. The minimum Gasteiger partial charge on any atom is -0.317 e. The summed E-state index contributed by atoms with van der Waals surface area (Å²) in [7, 11) is -0.679. The van der Waals surface area contributed by atoms with Gasteiger partial charge >= 0.3 is 0 Å². The second kappa shape index (κ2) is 6.57. The molecule has 0 aliphatic carbocycles. The van der Waals surface area contributed by atoms with Crippen LogP contribution in [0.25, 0.3) is 0 Å². The molecule has 0 atom stereocenters. The van der Waals surface area contributed by atoms with Crippen molar-refractivity contribution < 1.29 is 8.42 Å². The van der Waals surface area contributed by atoms with Gasteiger partial charge in [-0.15, -0.1) is 0 Å². The second-order valence-electron chi connectivity index (χ2n) is 4.55. The maximum atomic E-state index is 11.3. The topological polar surface area (TPSA) is 49.4 Å². The zero-order valence-corrected chi connectivity index (χ0v) is 11.2. The van der Waals surface area contributed by atoms with Crippen LogP contribution in [0.1, 0.15) is 26.2 Å². The number of nitrogens with zero attached hydrogens (tertiary/aromatic N) is 1. The standard InChI is InChI=1S/C11H24N2O2S/c1-3-16(14,15)10-4-9-13(2)11-5-7-12-8-6-11/h11-12H,3-10H2,1-2H3. The van der Waals surface area contributed by atoms with E-state index in [1.54, 1.807) is 6.92 Å². The van der Waals surface area contributed by atoms with Crippen LogP contribution in [0.5, 0.6) is 0 Å². The highest BCUT2D eigenvalue weighted by Gasteiger charge is 2.17. The molecule has 1 rings (SSSR count). The molecule has 0 saturated carbocycles. The van der Waals surface area contributed by atoms with Crippen LogP contribution in [-0.4, -0.2) is 57.5 Å². The van der Waals surface area contributed by atoms with Gasteiger partial charge in [-0.25, -0.2) is 8.42 Å². The summed E-state index contributed by atoms with van der Waals surface area (Å²) >= 11 is 0. The van der Waals surface area contributed by atoms with Crippen molar-refractivity contribution in [2.45, 2.75) is 32.2 Å². The average molecular weight is 248 g/mol. The molecular formula is C11H24N2O2S. The number of nitrogens with one attached hydrogen (secondary N) is 1. The Kier molecular flexibility index (Phi) is 5.72. The molecule has 0 aromatic heterocycles. The van der Waals surface area contributed by atoms with Gasteiger partial charge in [0, 0.05) is 11.8 Å². The summed E-state index contributed by atoms with van der Waals surface area (Å²) in [4.78, 5) is 2.31. The van der Waals surface area contributed by atoms with Crippen LogP contribution in [0.15, 0.2) is 0 Å². The lowest BCUT2D eigenvalue weighted by molar-refractivity contribution is 0.200. The van der Waals surface area contributed by atoms with Crippen molar-refractivity contribution in [3.8, 4) is 0 Å². The van der Waals surface area contributed by atoms with E-state index in [0.29, 0.717) is 11.8 Å².